The summed E-state index contributed by atoms with van der Waals surface area (Å²) in [6.07, 6.45) is 1.14. The average molecular weight is 253 g/mol. The Kier molecular flexibility index (Phi) is 4.29. The predicted molar refractivity (Wildman–Crippen MR) is 68.3 cm³/mol. The molecule has 90 valence electrons. The van der Waals surface area contributed by atoms with Crippen LogP contribution in [-0.4, -0.2) is 30.8 Å². The van der Waals surface area contributed by atoms with Crippen molar-refractivity contribution in [3.05, 3.63) is 41.4 Å². The highest BCUT2D eigenvalue weighted by Crippen LogP contribution is 2.23. The molecule has 1 aromatic carbocycles. The van der Waals surface area contributed by atoms with E-state index in [1.54, 1.807) is 26.2 Å². The topological polar surface area (TPSA) is 49.4 Å². The Hall–Kier alpha value is -1.81. The summed E-state index contributed by atoms with van der Waals surface area (Å²) < 4.78 is 0. The van der Waals surface area contributed by atoms with Crippen LogP contribution in [0.15, 0.2) is 30.9 Å². The zero-order valence-corrected chi connectivity index (χ0v) is 10.4. The van der Waals surface area contributed by atoms with E-state index in [1.165, 1.54) is 11.0 Å². The number of carbonyl (C=O) groups excluding carboxylic acids is 2. The molecule has 0 aromatic heterocycles. The van der Waals surface area contributed by atoms with Gasteiger partial charge in [0.1, 0.15) is 0 Å². The fourth-order valence-corrected chi connectivity index (χ4v) is 1.36. The van der Waals surface area contributed by atoms with E-state index in [0.717, 1.165) is 6.08 Å². The van der Waals surface area contributed by atoms with Crippen molar-refractivity contribution in [3.8, 4) is 0 Å². The number of carbonyl (C=O) groups is 2. The van der Waals surface area contributed by atoms with Crippen LogP contribution in [0.4, 0.5) is 5.69 Å². The molecule has 1 rings (SSSR count). The summed E-state index contributed by atoms with van der Waals surface area (Å²) in [7, 11) is 3.30. The maximum atomic E-state index is 11.7. The molecule has 0 spiro atoms. The molecule has 0 heterocycles. The van der Waals surface area contributed by atoms with E-state index in [1.807, 2.05) is 0 Å². The Labute approximate surface area is 105 Å². The van der Waals surface area contributed by atoms with Gasteiger partial charge in [-0.1, -0.05) is 18.2 Å². The third-order valence-corrected chi connectivity index (χ3v) is 2.39. The summed E-state index contributed by atoms with van der Waals surface area (Å²) >= 11 is 5.91. The number of amides is 2. The molecule has 1 aromatic rings. The zero-order valence-electron chi connectivity index (χ0n) is 9.66. The minimum absolute atomic E-state index is 0.157. The second kappa shape index (κ2) is 5.50. The molecule has 1 N–H and O–H groups in total. The molecule has 0 saturated heterocycles. The van der Waals surface area contributed by atoms with Gasteiger partial charge in [-0.15, -0.1) is 0 Å². The van der Waals surface area contributed by atoms with Gasteiger partial charge in [0, 0.05) is 19.7 Å². The molecule has 0 aliphatic heterocycles. The Morgan fingerprint density at radius 3 is 2.59 bits per heavy atom. The fraction of sp³-hybridized carbons (Fsp3) is 0.167. The SMILES string of the molecule is C=CC(=O)Nc1cc(C(=O)N(C)C)ccc1Cl. The van der Waals surface area contributed by atoms with Crippen LogP contribution in [0.3, 0.4) is 0 Å². The predicted octanol–water partition coefficient (Wildman–Crippen LogP) is 2.17. The van der Waals surface area contributed by atoms with Crippen molar-refractivity contribution in [2.24, 2.45) is 0 Å². The van der Waals surface area contributed by atoms with E-state index in [0.29, 0.717) is 16.3 Å². The summed E-state index contributed by atoms with van der Waals surface area (Å²) in [6, 6.07) is 4.71. The van der Waals surface area contributed by atoms with Crippen LogP contribution in [0, 0.1) is 0 Å². The van der Waals surface area contributed by atoms with Gasteiger partial charge < -0.3 is 10.2 Å². The first-order valence-corrected chi connectivity index (χ1v) is 5.28. The average Bonchev–Trinajstić information content (AvgIpc) is 2.30. The van der Waals surface area contributed by atoms with Gasteiger partial charge in [0.15, 0.2) is 0 Å². The minimum atomic E-state index is -0.374. The number of rotatable bonds is 3. The molecular weight excluding hydrogens is 240 g/mol. The molecule has 0 atom stereocenters. The molecule has 0 bridgehead atoms. The standard InChI is InChI=1S/C12H13ClN2O2/c1-4-11(16)14-10-7-8(5-6-9(10)13)12(17)15(2)3/h4-7H,1H2,2-3H3,(H,14,16). The highest BCUT2D eigenvalue weighted by molar-refractivity contribution is 6.34. The van der Waals surface area contributed by atoms with Gasteiger partial charge in [0.2, 0.25) is 5.91 Å². The second-order valence-electron chi connectivity index (χ2n) is 3.59. The van der Waals surface area contributed by atoms with Gasteiger partial charge >= 0.3 is 0 Å². The van der Waals surface area contributed by atoms with E-state index < -0.39 is 0 Å². The van der Waals surface area contributed by atoms with E-state index in [2.05, 4.69) is 11.9 Å². The lowest BCUT2D eigenvalue weighted by molar-refractivity contribution is -0.111. The summed E-state index contributed by atoms with van der Waals surface area (Å²) in [6.45, 7) is 3.34. The molecule has 0 aliphatic rings. The minimum Gasteiger partial charge on any atom is -0.345 e. The summed E-state index contributed by atoms with van der Waals surface area (Å²) in [4.78, 5) is 24.3. The van der Waals surface area contributed by atoms with Crippen LogP contribution in [0.5, 0.6) is 0 Å². The third kappa shape index (κ3) is 3.32. The van der Waals surface area contributed by atoms with Gasteiger partial charge in [-0.25, -0.2) is 0 Å². The van der Waals surface area contributed by atoms with Crippen LogP contribution in [0.1, 0.15) is 10.4 Å². The maximum absolute atomic E-state index is 11.7. The van der Waals surface area contributed by atoms with Crippen LogP contribution < -0.4 is 5.32 Å². The smallest absolute Gasteiger partial charge is 0.253 e. The van der Waals surface area contributed by atoms with Gasteiger partial charge in [-0.3, -0.25) is 9.59 Å². The highest BCUT2D eigenvalue weighted by atomic mass is 35.5. The Bertz CT molecular complexity index is 470. The van der Waals surface area contributed by atoms with Crippen molar-refractivity contribution in [3.63, 3.8) is 0 Å². The van der Waals surface area contributed by atoms with E-state index >= 15 is 0 Å². The molecule has 0 saturated carbocycles. The first-order valence-electron chi connectivity index (χ1n) is 4.90. The molecule has 17 heavy (non-hydrogen) atoms. The fourth-order valence-electron chi connectivity index (χ4n) is 1.20. The van der Waals surface area contributed by atoms with E-state index in [-0.39, 0.29) is 11.8 Å². The Balaban J connectivity index is 3.06. The van der Waals surface area contributed by atoms with Crippen molar-refractivity contribution in [2.45, 2.75) is 0 Å². The number of anilines is 1. The van der Waals surface area contributed by atoms with Gasteiger partial charge in [-0.2, -0.15) is 0 Å². The lowest BCUT2D eigenvalue weighted by atomic mass is 10.2. The van der Waals surface area contributed by atoms with Crippen molar-refractivity contribution in [1.82, 2.24) is 4.90 Å². The van der Waals surface area contributed by atoms with E-state index in [9.17, 15) is 9.59 Å². The normalized spacial score (nSPS) is 9.59. The van der Waals surface area contributed by atoms with Crippen LogP contribution in [-0.2, 0) is 4.79 Å². The summed E-state index contributed by atoms with van der Waals surface area (Å²) in [5, 5.41) is 2.91. The van der Waals surface area contributed by atoms with Gasteiger partial charge in [-0.05, 0) is 24.3 Å². The largest absolute Gasteiger partial charge is 0.345 e. The quantitative estimate of drug-likeness (QED) is 0.838. The van der Waals surface area contributed by atoms with Gasteiger partial charge in [0.25, 0.3) is 5.91 Å². The summed E-state index contributed by atoms with van der Waals surface area (Å²) in [5.74, 6) is -0.530. The zero-order chi connectivity index (χ0) is 13.0. The third-order valence-electron chi connectivity index (χ3n) is 2.06. The molecule has 0 radical (unpaired) electrons. The van der Waals surface area contributed by atoms with E-state index in [4.69, 9.17) is 11.6 Å². The van der Waals surface area contributed by atoms with Crippen LogP contribution in [0.25, 0.3) is 0 Å². The molecule has 0 aliphatic carbocycles. The van der Waals surface area contributed by atoms with Crippen LogP contribution >= 0.6 is 11.6 Å². The number of benzene rings is 1. The monoisotopic (exact) mass is 252 g/mol. The van der Waals surface area contributed by atoms with Crippen molar-refractivity contribution >= 4 is 29.1 Å². The summed E-state index contributed by atoms with van der Waals surface area (Å²) in [5.41, 5.74) is 0.850. The first-order chi connectivity index (χ1) is 7.95. The number of hydrogen-bond donors (Lipinski definition) is 1. The number of halogens is 1. The molecule has 4 nitrogen and oxygen atoms in total. The van der Waals surface area contributed by atoms with Crippen molar-refractivity contribution in [2.75, 3.05) is 19.4 Å². The molecule has 5 heteroatoms. The molecular formula is C12H13ClN2O2. The van der Waals surface area contributed by atoms with Crippen molar-refractivity contribution in [1.29, 1.82) is 0 Å². The lowest BCUT2D eigenvalue weighted by Gasteiger charge is -2.12. The highest BCUT2D eigenvalue weighted by Gasteiger charge is 2.11. The van der Waals surface area contributed by atoms with Gasteiger partial charge in [0.05, 0.1) is 10.7 Å². The maximum Gasteiger partial charge on any atom is 0.253 e. The Morgan fingerprint density at radius 2 is 2.06 bits per heavy atom. The molecule has 2 amide bonds. The number of hydrogen-bond acceptors (Lipinski definition) is 2. The second-order valence-corrected chi connectivity index (χ2v) is 3.99. The molecule has 0 fully saturated rings. The number of nitrogens with zero attached hydrogens (tertiary/aromatic N) is 1. The molecule has 0 unspecified atom stereocenters. The first kappa shape index (κ1) is 13.3. The Morgan fingerprint density at radius 1 is 1.41 bits per heavy atom. The van der Waals surface area contributed by atoms with Crippen LogP contribution in [0.2, 0.25) is 5.02 Å². The van der Waals surface area contributed by atoms with Crippen molar-refractivity contribution < 1.29 is 9.59 Å². The number of nitrogens with one attached hydrogen (secondary N) is 1. The lowest BCUT2D eigenvalue weighted by Crippen LogP contribution is -2.21.